The lowest BCUT2D eigenvalue weighted by molar-refractivity contribution is 0.0784. The first-order valence-electron chi connectivity index (χ1n) is 13.0. The quantitative estimate of drug-likeness (QED) is 0.375. The molecule has 0 unspecified atom stereocenters. The predicted octanol–water partition coefficient (Wildman–Crippen LogP) is 4.47. The number of pyridine rings is 2. The highest BCUT2D eigenvalue weighted by atomic mass is 16.5. The van der Waals surface area contributed by atoms with Gasteiger partial charge in [-0.25, -0.2) is 15.0 Å². The Hall–Kier alpha value is -3.98. The number of amides is 1. The zero-order valence-corrected chi connectivity index (χ0v) is 22.4. The van der Waals surface area contributed by atoms with Gasteiger partial charge in [0.15, 0.2) is 0 Å². The number of aromatic hydroxyl groups is 1. The summed E-state index contributed by atoms with van der Waals surface area (Å²) in [6.07, 6.45) is 4.57. The van der Waals surface area contributed by atoms with Crippen LogP contribution in [-0.4, -0.2) is 61.7 Å². The fourth-order valence-corrected chi connectivity index (χ4v) is 4.92. The van der Waals surface area contributed by atoms with Gasteiger partial charge in [-0.05, 0) is 56.2 Å². The second kappa shape index (κ2) is 10.8. The van der Waals surface area contributed by atoms with E-state index in [0.717, 1.165) is 55.4 Å². The van der Waals surface area contributed by atoms with Crippen LogP contribution in [0.15, 0.2) is 42.6 Å². The Bertz CT molecular complexity index is 1470. The lowest BCUT2D eigenvalue weighted by Gasteiger charge is -2.25. The van der Waals surface area contributed by atoms with E-state index in [-0.39, 0.29) is 11.7 Å². The average Bonchev–Trinajstić information content (AvgIpc) is 3.28. The van der Waals surface area contributed by atoms with E-state index in [9.17, 15) is 9.90 Å². The normalized spacial score (nSPS) is 14.1. The Labute approximate surface area is 222 Å². The molecule has 1 aromatic carbocycles. The van der Waals surface area contributed by atoms with Gasteiger partial charge in [-0.2, -0.15) is 0 Å². The number of rotatable bonds is 7. The summed E-state index contributed by atoms with van der Waals surface area (Å²) in [5, 5.41) is 14.4. The lowest BCUT2D eigenvalue weighted by atomic mass is 10.0. The molecule has 0 atom stereocenters. The van der Waals surface area contributed by atoms with Gasteiger partial charge in [0.1, 0.15) is 11.6 Å². The minimum atomic E-state index is -0.168. The lowest BCUT2D eigenvalue weighted by Crippen LogP contribution is -2.28. The van der Waals surface area contributed by atoms with E-state index < -0.39 is 0 Å². The van der Waals surface area contributed by atoms with E-state index in [2.05, 4.69) is 17.2 Å². The van der Waals surface area contributed by atoms with Crippen LogP contribution < -0.4 is 5.32 Å². The van der Waals surface area contributed by atoms with Crippen LogP contribution in [0.5, 0.6) is 5.75 Å². The maximum atomic E-state index is 13.7. The fraction of sp³-hybridized carbons (Fsp3) is 0.379. The number of ether oxygens (including phenoxy) is 1. The van der Waals surface area contributed by atoms with Gasteiger partial charge < -0.3 is 24.6 Å². The molecule has 1 fully saturated rings. The van der Waals surface area contributed by atoms with Crippen molar-refractivity contribution in [1.29, 1.82) is 0 Å². The molecule has 0 aliphatic carbocycles. The number of aromatic nitrogens is 4. The third kappa shape index (κ3) is 5.19. The van der Waals surface area contributed by atoms with Gasteiger partial charge >= 0.3 is 0 Å². The van der Waals surface area contributed by atoms with Gasteiger partial charge in [-0.1, -0.05) is 6.92 Å². The Morgan fingerprint density at radius 1 is 1.16 bits per heavy atom. The number of imidazole rings is 1. The van der Waals surface area contributed by atoms with E-state index >= 15 is 0 Å². The molecule has 5 rings (SSSR count). The van der Waals surface area contributed by atoms with Crippen molar-refractivity contribution < 1.29 is 14.6 Å². The van der Waals surface area contributed by atoms with Crippen molar-refractivity contribution in [3.8, 4) is 17.1 Å². The summed E-state index contributed by atoms with van der Waals surface area (Å²) in [4.78, 5) is 29.5. The Morgan fingerprint density at radius 2 is 1.95 bits per heavy atom. The molecule has 1 saturated heterocycles. The molecule has 0 bridgehead atoms. The van der Waals surface area contributed by atoms with Crippen LogP contribution in [0.1, 0.15) is 47.3 Å². The molecule has 4 aromatic rings. The number of hydrogen-bond donors (Lipinski definition) is 2. The molecule has 38 heavy (non-hydrogen) atoms. The molecule has 3 aromatic heterocycles. The number of carbonyl (C=O) groups excluding carboxylic acids is 1. The third-order valence-corrected chi connectivity index (χ3v) is 7.19. The summed E-state index contributed by atoms with van der Waals surface area (Å²) in [6.45, 7) is 5.98. The molecule has 4 heterocycles. The van der Waals surface area contributed by atoms with E-state index in [1.807, 2.05) is 36.9 Å². The number of fused-ring (bicyclic) bond motifs is 1. The van der Waals surface area contributed by atoms with Crippen molar-refractivity contribution in [2.75, 3.05) is 25.6 Å². The monoisotopic (exact) mass is 514 g/mol. The van der Waals surface area contributed by atoms with Gasteiger partial charge in [0.2, 0.25) is 0 Å². The summed E-state index contributed by atoms with van der Waals surface area (Å²) in [5.74, 6) is 0.886. The van der Waals surface area contributed by atoms with Crippen LogP contribution in [0.25, 0.3) is 22.3 Å². The van der Waals surface area contributed by atoms with Crippen LogP contribution in [0.3, 0.4) is 0 Å². The SMILES string of the molecule is CCc1ncc(CN(C)C(=O)c2cc(-c3ccc(NC4CCOCC4)c(C)n3)nc3ccc(O)cc23)n1C. The molecule has 0 spiro atoms. The highest BCUT2D eigenvalue weighted by Gasteiger charge is 2.21. The standard InChI is InChI=1S/C29H34N6O3/c1-5-28-30-16-20(35(28)4)17-34(3)29(37)23-15-27(33-25-7-6-21(36)14-22(23)25)26-9-8-24(18(2)31-26)32-19-10-12-38-13-11-19/h6-9,14-16,19,32,36H,5,10-13,17H2,1-4H3. The second-order valence-corrected chi connectivity index (χ2v) is 9.86. The first-order chi connectivity index (χ1) is 18.3. The largest absolute Gasteiger partial charge is 0.508 e. The number of phenolic OH excluding ortho intramolecular Hbond substituents is 1. The van der Waals surface area contributed by atoms with Gasteiger partial charge in [0.05, 0.1) is 52.3 Å². The molecular formula is C29H34N6O3. The summed E-state index contributed by atoms with van der Waals surface area (Å²) in [7, 11) is 3.74. The molecule has 9 heteroatoms. The molecule has 1 aliphatic heterocycles. The van der Waals surface area contributed by atoms with Gasteiger partial charge in [-0.15, -0.1) is 0 Å². The Morgan fingerprint density at radius 3 is 2.66 bits per heavy atom. The van der Waals surface area contributed by atoms with Crippen molar-refractivity contribution in [2.24, 2.45) is 7.05 Å². The third-order valence-electron chi connectivity index (χ3n) is 7.19. The van der Waals surface area contributed by atoms with Crippen LogP contribution in [-0.2, 0) is 24.8 Å². The Kier molecular flexibility index (Phi) is 7.28. The molecule has 0 saturated carbocycles. The summed E-state index contributed by atoms with van der Waals surface area (Å²) < 4.78 is 7.49. The topological polar surface area (TPSA) is 105 Å². The van der Waals surface area contributed by atoms with Crippen molar-refractivity contribution in [1.82, 2.24) is 24.4 Å². The highest BCUT2D eigenvalue weighted by molar-refractivity contribution is 6.07. The predicted molar refractivity (Wildman–Crippen MR) is 147 cm³/mol. The van der Waals surface area contributed by atoms with Crippen molar-refractivity contribution in [2.45, 2.75) is 45.7 Å². The number of benzene rings is 1. The van der Waals surface area contributed by atoms with Crippen LogP contribution >= 0.6 is 0 Å². The maximum Gasteiger partial charge on any atom is 0.254 e. The zero-order chi connectivity index (χ0) is 26.8. The molecule has 2 N–H and O–H groups in total. The molecule has 1 aliphatic rings. The molecule has 1 amide bonds. The molecular weight excluding hydrogens is 480 g/mol. The van der Waals surface area contributed by atoms with Gasteiger partial charge in [0.25, 0.3) is 5.91 Å². The average molecular weight is 515 g/mol. The maximum absolute atomic E-state index is 13.7. The smallest absolute Gasteiger partial charge is 0.254 e. The molecule has 9 nitrogen and oxygen atoms in total. The van der Waals surface area contributed by atoms with Crippen molar-refractivity contribution >= 4 is 22.5 Å². The van der Waals surface area contributed by atoms with Gasteiger partial charge in [-0.3, -0.25) is 4.79 Å². The van der Waals surface area contributed by atoms with E-state index in [0.29, 0.717) is 40.4 Å². The minimum absolute atomic E-state index is 0.0838. The van der Waals surface area contributed by atoms with Crippen molar-refractivity contribution in [3.63, 3.8) is 0 Å². The minimum Gasteiger partial charge on any atom is -0.508 e. The van der Waals surface area contributed by atoms with E-state index in [1.165, 1.54) is 0 Å². The molecule has 198 valence electrons. The number of aryl methyl sites for hydroxylation is 2. The highest BCUT2D eigenvalue weighted by Crippen LogP contribution is 2.29. The van der Waals surface area contributed by atoms with Gasteiger partial charge in [0, 0.05) is 45.2 Å². The zero-order valence-electron chi connectivity index (χ0n) is 22.4. The van der Waals surface area contributed by atoms with Crippen LogP contribution in [0, 0.1) is 6.92 Å². The number of hydrogen-bond acceptors (Lipinski definition) is 7. The van der Waals surface area contributed by atoms with Crippen molar-refractivity contribution in [3.05, 3.63) is 65.4 Å². The number of anilines is 1. The summed E-state index contributed by atoms with van der Waals surface area (Å²) >= 11 is 0. The summed E-state index contributed by atoms with van der Waals surface area (Å²) in [5.41, 5.74) is 5.18. The first kappa shape index (κ1) is 25.7. The van der Waals surface area contributed by atoms with Crippen LogP contribution in [0.2, 0.25) is 0 Å². The first-order valence-corrected chi connectivity index (χ1v) is 13.0. The van der Waals surface area contributed by atoms with E-state index in [1.54, 1.807) is 36.2 Å². The number of nitrogens with zero attached hydrogens (tertiary/aromatic N) is 5. The number of phenols is 1. The summed E-state index contributed by atoms with van der Waals surface area (Å²) in [6, 6.07) is 11.0. The number of carbonyl (C=O) groups is 1. The fourth-order valence-electron chi connectivity index (χ4n) is 4.92. The van der Waals surface area contributed by atoms with E-state index in [4.69, 9.17) is 14.7 Å². The second-order valence-electron chi connectivity index (χ2n) is 9.86. The van der Waals surface area contributed by atoms with Crippen LogP contribution in [0.4, 0.5) is 5.69 Å². The number of nitrogens with one attached hydrogen (secondary N) is 1. The Balaban J connectivity index is 1.48. The molecule has 0 radical (unpaired) electrons.